The molecule has 6 nitrogen and oxygen atoms in total. The maximum absolute atomic E-state index is 6.00. The zero-order chi connectivity index (χ0) is 17.7. The van der Waals surface area contributed by atoms with Gasteiger partial charge in [-0.2, -0.15) is 4.98 Å². The van der Waals surface area contributed by atoms with Gasteiger partial charge in [0.2, 0.25) is 5.95 Å². The molecule has 3 heterocycles. The summed E-state index contributed by atoms with van der Waals surface area (Å²) in [6.07, 6.45) is 7.54. The Morgan fingerprint density at radius 1 is 1.04 bits per heavy atom. The second-order valence-corrected chi connectivity index (χ2v) is 8.65. The van der Waals surface area contributed by atoms with E-state index in [0.29, 0.717) is 12.1 Å². The lowest BCUT2D eigenvalue weighted by Gasteiger charge is -2.49. The average molecular weight is 358 g/mol. The van der Waals surface area contributed by atoms with Crippen LogP contribution in [0.15, 0.2) is 0 Å². The molecule has 0 amide bonds. The summed E-state index contributed by atoms with van der Waals surface area (Å²) in [5.74, 6) is 2.95. The summed E-state index contributed by atoms with van der Waals surface area (Å²) in [6, 6.07) is 1.17. The fraction of sp³-hybridized carbons (Fsp3) is 0.800. The van der Waals surface area contributed by atoms with Crippen molar-refractivity contribution in [2.45, 2.75) is 50.6 Å². The Kier molecular flexibility index (Phi) is 4.28. The molecule has 6 heteroatoms. The maximum Gasteiger partial charge on any atom is 0.227 e. The fourth-order valence-electron chi connectivity index (χ4n) is 4.98. The van der Waals surface area contributed by atoms with Gasteiger partial charge in [-0.1, -0.05) is 0 Å². The van der Waals surface area contributed by atoms with Crippen LogP contribution in [0.1, 0.15) is 36.9 Å². The van der Waals surface area contributed by atoms with Gasteiger partial charge in [-0.15, -0.1) is 0 Å². The van der Waals surface area contributed by atoms with Gasteiger partial charge in [0.05, 0.1) is 24.9 Å². The summed E-state index contributed by atoms with van der Waals surface area (Å²) in [6.45, 7) is 5.07. The molecule has 26 heavy (non-hydrogen) atoms. The third kappa shape index (κ3) is 2.97. The quantitative estimate of drug-likeness (QED) is 0.821. The van der Waals surface area contributed by atoms with Crippen LogP contribution in [0.25, 0.3) is 0 Å². The van der Waals surface area contributed by atoms with Crippen molar-refractivity contribution in [3.8, 4) is 0 Å². The van der Waals surface area contributed by atoms with Gasteiger partial charge < -0.3 is 14.5 Å². The van der Waals surface area contributed by atoms with Gasteiger partial charge in [0.15, 0.2) is 0 Å². The molecule has 2 aliphatic heterocycles. The number of piperazine rings is 1. The van der Waals surface area contributed by atoms with Gasteiger partial charge >= 0.3 is 0 Å². The number of anilines is 2. The molecular weight excluding hydrogens is 326 g/mol. The van der Waals surface area contributed by atoms with Crippen LogP contribution >= 0.6 is 0 Å². The van der Waals surface area contributed by atoms with Crippen molar-refractivity contribution < 1.29 is 4.74 Å². The number of hydrogen-bond acceptors (Lipinski definition) is 6. The number of aromatic nitrogens is 2. The topological polar surface area (TPSA) is 44.7 Å². The first kappa shape index (κ1) is 16.8. The number of rotatable bonds is 3. The highest BCUT2D eigenvalue weighted by molar-refractivity contribution is 5.54. The van der Waals surface area contributed by atoms with E-state index in [1.807, 2.05) is 19.0 Å². The SMILES string of the molecule is CN(C)c1nc2c(c(N3CCN4[C@@H](COC[C@@H]4C4CC4)C3)n1)CCCC2. The Morgan fingerprint density at radius 3 is 2.69 bits per heavy atom. The molecule has 1 aromatic heterocycles. The predicted molar refractivity (Wildman–Crippen MR) is 103 cm³/mol. The van der Waals surface area contributed by atoms with E-state index in [9.17, 15) is 0 Å². The standard InChI is InChI=1S/C20H31N5O/c1-23(2)20-21-17-6-4-3-5-16(17)19(22-20)24-9-10-25-15(11-24)12-26-13-18(25)14-7-8-14/h14-15,18H,3-13H2,1-2H3/t15-,18-/m1/s1. The Morgan fingerprint density at radius 2 is 1.88 bits per heavy atom. The maximum atomic E-state index is 6.00. The number of ether oxygens (including phenoxy) is 1. The molecule has 1 aromatic rings. The first-order valence-electron chi connectivity index (χ1n) is 10.4. The van der Waals surface area contributed by atoms with E-state index >= 15 is 0 Å². The summed E-state index contributed by atoms with van der Waals surface area (Å²) < 4.78 is 6.00. The Labute approximate surface area is 156 Å². The van der Waals surface area contributed by atoms with Crippen LogP contribution in [-0.2, 0) is 17.6 Å². The van der Waals surface area contributed by atoms with E-state index in [-0.39, 0.29) is 0 Å². The molecule has 0 radical (unpaired) electrons. The molecule has 0 spiro atoms. The third-order valence-corrected chi connectivity index (χ3v) is 6.57. The second-order valence-electron chi connectivity index (χ2n) is 8.65. The van der Waals surface area contributed by atoms with E-state index in [2.05, 4.69) is 9.80 Å². The highest BCUT2D eigenvalue weighted by Crippen LogP contribution is 2.39. The van der Waals surface area contributed by atoms with Gasteiger partial charge in [0.1, 0.15) is 5.82 Å². The summed E-state index contributed by atoms with van der Waals surface area (Å²) in [4.78, 5) is 17.2. The van der Waals surface area contributed by atoms with Crippen molar-refractivity contribution in [2.75, 3.05) is 56.7 Å². The van der Waals surface area contributed by atoms with Crippen LogP contribution in [0.2, 0.25) is 0 Å². The molecule has 0 bridgehead atoms. The number of hydrogen-bond donors (Lipinski definition) is 0. The molecule has 3 fully saturated rings. The Bertz CT molecular complexity index is 674. The summed E-state index contributed by atoms with van der Waals surface area (Å²) in [5.41, 5.74) is 2.69. The van der Waals surface area contributed by atoms with Gasteiger partial charge in [0, 0.05) is 45.3 Å². The molecule has 0 unspecified atom stereocenters. The first-order chi connectivity index (χ1) is 12.7. The molecule has 5 rings (SSSR count). The van der Waals surface area contributed by atoms with E-state index in [1.165, 1.54) is 42.8 Å². The number of morpholine rings is 1. The van der Waals surface area contributed by atoms with Gasteiger partial charge in [0.25, 0.3) is 0 Å². The van der Waals surface area contributed by atoms with Gasteiger partial charge in [-0.3, -0.25) is 4.90 Å². The third-order valence-electron chi connectivity index (χ3n) is 6.57. The highest BCUT2D eigenvalue weighted by Gasteiger charge is 2.43. The second kappa shape index (κ2) is 6.64. The number of fused-ring (bicyclic) bond motifs is 2. The van der Waals surface area contributed by atoms with Crippen molar-refractivity contribution in [1.82, 2.24) is 14.9 Å². The molecule has 2 saturated heterocycles. The van der Waals surface area contributed by atoms with Crippen molar-refractivity contribution in [2.24, 2.45) is 5.92 Å². The largest absolute Gasteiger partial charge is 0.378 e. The lowest BCUT2D eigenvalue weighted by Crippen LogP contribution is -2.62. The normalized spacial score (nSPS) is 29.2. The molecule has 0 N–H and O–H groups in total. The zero-order valence-corrected chi connectivity index (χ0v) is 16.2. The molecule has 0 aromatic carbocycles. The summed E-state index contributed by atoms with van der Waals surface area (Å²) in [5, 5.41) is 0. The van der Waals surface area contributed by atoms with Gasteiger partial charge in [-0.25, -0.2) is 4.98 Å². The highest BCUT2D eigenvalue weighted by atomic mass is 16.5. The van der Waals surface area contributed by atoms with Crippen LogP contribution in [0, 0.1) is 5.92 Å². The Hall–Kier alpha value is -1.40. The van der Waals surface area contributed by atoms with Crippen LogP contribution in [-0.4, -0.2) is 73.9 Å². The molecule has 2 atom stereocenters. The van der Waals surface area contributed by atoms with Crippen molar-refractivity contribution in [1.29, 1.82) is 0 Å². The lowest BCUT2D eigenvalue weighted by molar-refractivity contribution is -0.0604. The van der Waals surface area contributed by atoms with E-state index in [1.54, 1.807) is 0 Å². The van der Waals surface area contributed by atoms with Crippen molar-refractivity contribution >= 4 is 11.8 Å². The van der Waals surface area contributed by atoms with Crippen molar-refractivity contribution in [3.63, 3.8) is 0 Å². The zero-order valence-electron chi connectivity index (χ0n) is 16.2. The van der Waals surface area contributed by atoms with Crippen LogP contribution in [0.4, 0.5) is 11.8 Å². The molecular formula is C20H31N5O. The molecule has 4 aliphatic rings. The van der Waals surface area contributed by atoms with E-state index in [0.717, 1.165) is 57.6 Å². The fourth-order valence-corrected chi connectivity index (χ4v) is 4.98. The van der Waals surface area contributed by atoms with Crippen molar-refractivity contribution in [3.05, 3.63) is 11.3 Å². The minimum atomic E-state index is 0.514. The smallest absolute Gasteiger partial charge is 0.227 e. The van der Waals surface area contributed by atoms with Crippen LogP contribution in [0.3, 0.4) is 0 Å². The summed E-state index contributed by atoms with van der Waals surface area (Å²) in [7, 11) is 4.09. The van der Waals surface area contributed by atoms with Gasteiger partial charge in [-0.05, 0) is 44.4 Å². The molecule has 142 valence electrons. The number of nitrogens with zero attached hydrogens (tertiary/aromatic N) is 5. The molecule has 2 aliphatic carbocycles. The molecule has 1 saturated carbocycles. The first-order valence-corrected chi connectivity index (χ1v) is 10.4. The predicted octanol–water partition coefficient (Wildman–Crippen LogP) is 1.72. The Balaban J connectivity index is 1.42. The van der Waals surface area contributed by atoms with E-state index in [4.69, 9.17) is 14.7 Å². The monoisotopic (exact) mass is 357 g/mol. The average Bonchev–Trinajstić information content (AvgIpc) is 3.51. The summed E-state index contributed by atoms with van der Waals surface area (Å²) >= 11 is 0. The minimum absolute atomic E-state index is 0.514. The van der Waals surface area contributed by atoms with Crippen LogP contribution < -0.4 is 9.80 Å². The number of aryl methyl sites for hydroxylation is 1. The van der Waals surface area contributed by atoms with Crippen LogP contribution in [0.5, 0.6) is 0 Å². The van der Waals surface area contributed by atoms with E-state index < -0.39 is 0 Å². The lowest BCUT2D eigenvalue weighted by atomic mass is 9.95. The minimum Gasteiger partial charge on any atom is -0.378 e.